The van der Waals surface area contributed by atoms with Crippen molar-refractivity contribution in [3.8, 4) is 5.75 Å². The van der Waals surface area contributed by atoms with Crippen molar-refractivity contribution in [1.82, 2.24) is 0 Å². The Kier molecular flexibility index (Phi) is 2.74. The zero-order valence-electron chi connectivity index (χ0n) is 9.04. The molecular formula is C12H9NO4. The van der Waals surface area contributed by atoms with Gasteiger partial charge in [-0.3, -0.25) is 14.9 Å². The Morgan fingerprint density at radius 3 is 2.47 bits per heavy atom. The van der Waals surface area contributed by atoms with Gasteiger partial charge in [-0.2, -0.15) is 0 Å². The molecule has 5 heteroatoms. The van der Waals surface area contributed by atoms with E-state index in [2.05, 4.69) is 0 Å². The molecule has 0 N–H and O–H groups in total. The van der Waals surface area contributed by atoms with Crippen molar-refractivity contribution in [2.45, 2.75) is 0 Å². The number of nitrogens with zero attached hydrogens (tertiary/aromatic N) is 1. The van der Waals surface area contributed by atoms with E-state index in [4.69, 9.17) is 4.74 Å². The first kappa shape index (κ1) is 11.1. The summed E-state index contributed by atoms with van der Waals surface area (Å²) < 4.78 is 5.13. The molecule has 5 nitrogen and oxygen atoms in total. The van der Waals surface area contributed by atoms with E-state index in [0.29, 0.717) is 22.8 Å². The van der Waals surface area contributed by atoms with E-state index in [0.717, 1.165) is 0 Å². The molecular weight excluding hydrogens is 222 g/mol. The summed E-state index contributed by atoms with van der Waals surface area (Å²) in [5.41, 5.74) is 0.0846. The number of benzene rings is 2. The van der Waals surface area contributed by atoms with Crippen molar-refractivity contribution in [1.29, 1.82) is 0 Å². The average molecular weight is 231 g/mol. The van der Waals surface area contributed by atoms with E-state index in [1.54, 1.807) is 24.3 Å². The first-order valence-corrected chi connectivity index (χ1v) is 4.88. The quantitative estimate of drug-likeness (QED) is 0.462. The minimum atomic E-state index is -0.505. The van der Waals surface area contributed by atoms with Crippen LogP contribution in [0.1, 0.15) is 10.4 Å². The lowest BCUT2D eigenvalue weighted by molar-refractivity contribution is -0.383. The molecule has 0 bridgehead atoms. The zero-order valence-corrected chi connectivity index (χ0v) is 9.04. The van der Waals surface area contributed by atoms with E-state index in [9.17, 15) is 14.9 Å². The summed E-state index contributed by atoms with van der Waals surface area (Å²) in [6.45, 7) is 0. The molecule has 0 atom stereocenters. The fourth-order valence-electron chi connectivity index (χ4n) is 1.82. The Balaban J connectivity index is 2.94. The number of carbonyl (C=O) groups is 1. The van der Waals surface area contributed by atoms with Gasteiger partial charge in [0, 0.05) is 11.5 Å². The molecule has 0 aliphatic heterocycles. The Bertz CT molecular complexity index is 607. The fraction of sp³-hybridized carbons (Fsp3) is 0.0833. The minimum absolute atomic E-state index is 0.0940. The lowest BCUT2D eigenvalue weighted by Gasteiger charge is -2.08. The summed E-state index contributed by atoms with van der Waals surface area (Å²) in [6, 6.07) is 7.99. The molecule has 0 aliphatic carbocycles. The number of nitro groups is 1. The summed E-state index contributed by atoms with van der Waals surface area (Å²) in [5, 5.41) is 12.0. The predicted molar refractivity (Wildman–Crippen MR) is 62.5 cm³/mol. The highest BCUT2D eigenvalue weighted by molar-refractivity contribution is 6.01. The van der Waals surface area contributed by atoms with E-state index in [-0.39, 0.29) is 11.3 Å². The summed E-state index contributed by atoms with van der Waals surface area (Å²) in [4.78, 5) is 21.3. The number of aldehydes is 1. The number of non-ortho nitro benzene ring substituents is 1. The van der Waals surface area contributed by atoms with E-state index in [1.807, 2.05) is 0 Å². The monoisotopic (exact) mass is 231 g/mol. The van der Waals surface area contributed by atoms with Crippen molar-refractivity contribution >= 4 is 22.7 Å². The normalized spacial score (nSPS) is 10.2. The third-order valence-corrected chi connectivity index (χ3v) is 2.53. The number of ether oxygens (including phenoxy) is 1. The topological polar surface area (TPSA) is 69.4 Å². The van der Waals surface area contributed by atoms with Crippen LogP contribution in [0.3, 0.4) is 0 Å². The molecule has 2 aromatic carbocycles. The van der Waals surface area contributed by atoms with Gasteiger partial charge >= 0.3 is 0 Å². The van der Waals surface area contributed by atoms with Crippen LogP contribution < -0.4 is 4.74 Å². The smallest absolute Gasteiger partial charge is 0.278 e. The molecule has 0 saturated carbocycles. The van der Waals surface area contributed by atoms with Gasteiger partial charge in [0.25, 0.3) is 5.69 Å². The highest BCUT2D eigenvalue weighted by Gasteiger charge is 2.18. The maximum Gasteiger partial charge on any atom is 0.278 e. The summed E-state index contributed by atoms with van der Waals surface area (Å²) in [5.74, 6) is 0.362. The third-order valence-electron chi connectivity index (χ3n) is 2.53. The molecule has 2 aromatic rings. The van der Waals surface area contributed by atoms with Gasteiger partial charge in [-0.1, -0.05) is 18.2 Å². The Labute approximate surface area is 96.8 Å². The summed E-state index contributed by atoms with van der Waals surface area (Å²) in [6.07, 6.45) is 0.554. The molecule has 0 amide bonds. The van der Waals surface area contributed by atoms with Gasteiger partial charge in [-0.05, 0) is 6.07 Å². The number of hydrogen-bond donors (Lipinski definition) is 0. The van der Waals surface area contributed by atoms with Crippen LogP contribution in [0.5, 0.6) is 5.75 Å². The maximum absolute atomic E-state index is 10.9. The lowest BCUT2D eigenvalue weighted by Crippen LogP contribution is -1.96. The number of fused-ring (bicyclic) bond motifs is 1. The molecule has 0 radical (unpaired) electrons. The Hall–Kier alpha value is -2.43. The standard InChI is InChI=1S/C12H9NO4/c1-17-12-8(7-14)6-11(13(15)16)9-4-2-3-5-10(9)12/h2-7H,1H3. The van der Waals surface area contributed by atoms with E-state index >= 15 is 0 Å². The molecule has 2 rings (SSSR count). The van der Waals surface area contributed by atoms with Gasteiger partial charge in [0.15, 0.2) is 6.29 Å². The zero-order chi connectivity index (χ0) is 12.4. The second-order valence-corrected chi connectivity index (χ2v) is 3.44. The molecule has 0 unspecified atom stereocenters. The van der Waals surface area contributed by atoms with Crippen LogP contribution in [-0.2, 0) is 0 Å². The second-order valence-electron chi connectivity index (χ2n) is 3.44. The number of nitro benzene ring substituents is 1. The SMILES string of the molecule is COc1c(C=O)cc([N+](=O)[O-])c2ccccc12. The largest absolute Gasteiger partial charge is 0.495 e. The van der Waals surface area contributed by atoms with Gasteiger partial charge in [0.1, 0.15) is 5.75 Å². The van der Waals surface area contributed by atoms with E-state index in [1.165, 1.54) is 13.2 Å². The lowest BCUT2D eigenvalue weighted by atomic mass is 10.0. The summed E-state index contributed by atoms with van der Waals surface area (Å²) in [7, 11) is 1.43. The second kappa shape index (κ2) is 4.21. The van der Waals surface area contributed by atoms with Crippen LogP contribution in [0.15, 0.2) is 30.3 Å². The van der Waals surface area contributed by atoms with Crippen LogP contribution >= 0.6 is 0 Å². The first-order chi connectivity index (χ1) is 8.19. The average Bonchev–Trinajstić information content (AvgIpc) is 2.36. The van der Waals surface area contributed by atoms with Crippen molar-refractivity contribution in [3.05, 3.63) is 46.0 Å². The van der Waals surface area contributed by atoms with Gasteiger partial charge in [0.2, 0.25) is 0 Å². The number of carbonyl (C=O) groups excluding carboxylic acids is 1. The van der Waals surface area contributed by atoms with Crippen LogP contribution in [0.2, 0.25) is 0 Å². The van der Waals surface area contributed by atoms with Gasteiger partial charge in [0.05, 0.1) is 23.0 Å². The number of rotatable bonds is 3. The Morgan fingerprint density at radius 2 is 1.94 bits per heavy atom. The van der Waals surface area contributed by atoms with Crippen molar-refractivity contribution < 1.29 is 14.5 Å². The minimum Gasteiger partial charge on any atom is -0.495 e. The molecule has 0 aromatic heterocycles. The first-order valence-electron chi connectivity index (χ1n) is 4.88. The van der Waals surface area contributed by atoms with Gasteiger partial charge < -0.3 is 4.74 Å². The molecule has 0 fully saturated rings. The van der Waals surface area contributed by atoms with Crippen LogP contribution in [0.4, 0.5) is 5.69 Å². The van der Waals surface area contributed by atoms with E-state index < -0.39 is 4.92 Å². The van der Waals surface area contributed by atoms with Gasteiger partial charge in [-0.15, -0.1) is 0 Å². The fourth-order valence-corrected chi connectivity index (χ4v) is 1.82. The summed E-state index contributed by atoms with van der Waals surface area (Å²) >= 11 is 0. The van der Waals surface area contributed by atoms with Crippen LogP contribution in [0, 0.1) is 10.1 Å². The third kappa shape index (κ3) is 1.71. The predicted octanol–water partition coefficient (Wildman–Crippen LogP) is 2.57. The maximum atomic E-state index is 10.9. The highest BCUT2D eigenvalue weighted by Crippen LogP contribution is 2.35. The number of hydrogen-bond acceptors (Lipinski definition) is 4. The van der Waals surface area contributed by atoms with Crippen molar-refractivity contribution in [3.63, 3.8) is 0 Å². The highest BCUT2D eigenvalue weighted by atomic mass is 16.6. The molecule has 86 valence electrons. The van der Waals surface area contributed by atoms with Crippen LogP contribution in [-0.4, -0.2) is 18.3 Å². The van der Waals surface area contributed by atoms with Crippen molar-refractivity contribution in [2.75, 3.05) is 7.11 Å². The molecule has 17 heavy (non-hydrogen) atoms. The van der Waals surface area contributed by atoms with Crippen LogP contribution in [0.25, 0.3) is 10.8 Å². The number of methoxy groups -OCH3 is 1. The molecule has 0 heterocycles. The molecule has 0 spiro atoms. The van der Waals surface area contributed by atoms with Crippen molar-refractivity contribution in [2.24, 2.45) is 0 Å². The molecule has 0 saturated heterocycles. The van der Waals surface area contributed by atoms with Gasteiger partial charge in [-0.25, -0.2) is 0 Å². The molecule has 0 aliphatic rings. The Morgan fingerprint density at radius 1 is 1.29 bits per heavy atom.